The second-order valence-corrected chi connectivity index (χ2v) is 9.66. The first kappa shape index (κ1) is 24.0. The molecule has 0 radical (unpaired) electrons. The molecule has 8 heteroatoms. The highest BCUT2D eigenvalue weighted by atomic mass is 32.1. The van der Waals surface area contributed by atoms with Crippen LogP contribution in [0.3, 0.4) is 0 Å². The number of thiophene rings is 1. The van der Waals surface area contributed by atoms with E-state index in [9.17, 15) is 9.59 Å². The predicted octanol–water partition coefficient (Wildman–Crippen LogP) is 4.77. The third-order valence-electron chi connectivity index (χ3n) is 6.41. The number of benzene rings is 1. The Balaban J connectivity index is 1.16. The van der Waals surface area contributed by atoms with Crippen molar-refractivity contribution in [2.24, 2.45) is 5.92 Å². The molecule has 2 aromatic heterocycles. The highest BCUT2D eigenvalue weighted by molar-refractivity contribution is 7.20. The summed E-state index contributed by atoms with van der Waals surface area (Å²) in [6.45, 7) is 2.20. The third-order valence-corrected chi connectivity index (χ3v) is 7.50. The van der Waals surface area contributed by atoms with Crippen LogP contribution in [0, 0.1) is 5.92 Å². The van der Waals surface area contributed by atoms with Gasteiger partial charge in [-0.15, -0.1) is 11.3 Å². The van der Waals surface area contributed by atoms with Crippen molar-refractivity contribution in [2.45, 2.75) is 32.1 Å². The average Bonchev–Trinajstić information content (AvgIpc) is 3.32. The van der Waals surface area contributed by atoms with E-state index in [2.05, 4.69) is 10.3 Å². The molecule has 1 aliphatic rings. The van der Waals surface area contributed by atoms with Gasteiger partial charge in [0.25, 0.3) is 11.8 Å². The summed E-state index contributed by atoms with van der Waals surface area (Å²) in [5.41, 5.74) is 0.576. The Bertz CT molecular complexity index is 1110. The minimum atomic E-state index is -0.0121. The number of carbonyl (C=O) groups excluding carboxylic acids is 2. The molecule has 4 rings (SSSR count). The molecule has 0 bridgehead atoms. The molecule has 1 aliphatic heterocycles. The Morgan fingerprint density at radius 1 is 1.12 bits per heavy atom. The van der Waals surface area contributed by atoms with E-state index in [0.717, 1.165) is 60.2 Å². The molecular formula is C26H31N3O4S. The van der Waals surface area contributed by atoms with Crippen molar-refractivity contribution < 1.29 is 19.1 Å². The zero-order chi connectivity index (χ0) is 23.9. The lowest BCUT2D eigenvalue weighted by atomic mass is 9.91. The van der Waals surface area contributed by atoms with Gasteiger partial charge in [-0.05, 0) is 54.8 Å². The van der Waals surface area contributed by atoms with Gasteiger partial charge in [-0.25, -0.2) is 0 Å². The number of aromatic nitrogens is 1. The van der Waals surface area contributed by atoms with Crippen LogP contribution in [-0.2, 0) is 0 Å². The molecule has 0 spiro atoms. The zero-order valence-electron chi connectivity index (χ0n) is 19.7. The molecule has 3 heterocycles. The molecule has 1 aromatic carbocycles. The van der Waals surface area contributed by atoms with Crippen molar-refractivity contribution in [3.63, 3.8) is 0 Å². The number of fused-ring (bicyclic) bond motifs is 1. The van der Waals surface area contributed by atoms with E-state index in [4.69, 9.17) is 9.47 Å². The molecule has 0 atom stereocenters. The number of piperidine rings is 1. The van der Waals surface area contributed by atoms with Gasteiger partial charge in [0.05, 0.1) is 29.4 Å². The van der Waals surface area contributed by atoms with Crippen molar-refractivity contribution in [1.29, 1.82) is 0 Å². The largest absolute Gasteiger partial charge is 0.497 e. The number of nitrogens with one attached hydrogen (secondary N) is 1. The third kappa shape index (κ3) is 5.67. The molecule has 34 heavy (non-hydrogen) atoms. The summed E-state index contributed by atoms with van der Waals surface area (Å²) in [7, 11) is 3.17. The van der Waals surface area contributed by atoms with Crippen LogP contribution >= 0.6 is 11.3 Å². The summed E-state index contributed by atoms with van der Waals surface area (Å²) in [4.78, 5) is 32.1. The molecule has 0 unspecified atom stereocenters. The SMILES string of the molecule is COc1ccc(C(=O)N2CCC(CCCCNC(=O)c3cc4ccncc4s3)CC2)c(OC)c1. The van der Waals surface area contributed by atoms with Crippen LogP contribution in [0.4, 0.5) is 0 Å². The maximum Gasteiger partial charge on any atom is 0.261 e. The normalized spacial score (nSPS) is 14.2. The lowest BCUT2D eigenvalue weighted by Gasteiger charge is -2.32. The van der Waals surface area contributed by atoms with Crippen molar-refractivity contribution in [1.82, 2.24) is 15.2 Å². The van der Waals surface area contributed by atoms with Gasteiger partial charge < -0.3 is 19.7 Å². The van der Waals surface area contributed by atoms with Gasteiger partial charge in [0.15, 0.2) is 0 Å². The number of unbranched alkanes of at least 4 members (excludes halogenated alkanes) is 1. The Morgan fingerprint density at radius 3 is 2.68 bits per heavy atom. The number of carbonyl (C=O) groups is 2. The first-order valence-corrected chi connectivity index (χ1v) is 12.5. The van der Waals surface area contributed by atoms with E-state index in [0.29, 0.717) is 29.5 Å². The lowest BCUT2D eigenvalue weighted by Crippen LogP contribution is -2.38. The number of likely N-dealkylation sites (tertiary alicyclic amines) is 1. The van der Waals surface area contributed by atoms with Crippen LogP contribution in [0.15, 0.2) is 42.7 Å². The van der Waals surface area contributed by atoms with Gasteiger partial charge in [-0.3, -0.25) is 14.6 Å². The Kier molecular flexibility index (Phi) is 8.00. The summed E-state index contributed by atoms with van der Waals surface area (Å²) in [6, 6.07) is 9.16. The van der Waals surface area contributed by atoms with Gasteiger partial charge in [-0.2, -0.15) is 0 Å². The minimum absolute atomic E-state index is 0.0117. The molecule has 1 fully saturated rings. The molecule has 1 saturated heterocycles. The van der Waals surface area contributed by atoms with Crippen LogP contribution in [0.5, 0.6) is 11.5 Å². The lowest BCUT2D eigenvalue weighted by molar-refractivity contribution is 0.0682. The number of nitrogens with zero attached hydrogens (tertiary/aromatic N) is 2. The number of ether oxygens (including phenoxy) is 2. The summed E-state index contributed by atoms with van der Waals surface area (Å²) >= 11 is 1.48. The Morgan fingerprint density at radius 2 is 1.94 bits per heavy atom. The highest BCUT2D eigenvalue weighted by Gasteiger charge is 2.25. The quantitative estimate of drug-likeness (QED) is 0.446. The fourth-order valence-electron chi connectivity index (χ4n) is 4.41. The molecule has 2 amide bonds. The summed E-state index contributed by atoms with van der Waals surface area (Å²) < 4.78 is 11.7. The van der Waals surface area contributed by atoms with E-state index >= 15 is 0 Å². The van der Waals surface area contributed by atoms with E-state index in [1.165, 1.54) is 11.3 Å². The topological polar surface area (TPSA) is 80.8 Å². The van der Waals surface area contributed by atoms with Crippen LogP contribution in [0.25, 0.3) is 10.1 Å². The van der Waals surface area contributed by atoms with Gasteiger partial charge in [0, 0.05) is 38.1 Å². The number of rotatable bonds is 9. The number of pyridine rings is 1. The predicted molar refractivity (Wildman–Crippen MR) is 134 cm³/mol. The number of hydrogen-bond acceptors (Lipinski definition) is 6. The van der Waals surface area contributed by atoms with E-state index in [-0.39, 0.29) is 11.8 Å². The van der Waals surface area contributed by atoms with E-state index in [1.807, 2.05) is 17.0 Å². The Labute approximate surface area is 204 Å². The van der Waals surface area contributed by atoms with Gasteiger partial charge in [-0.1, -0.05) is 12.8 Å². The number of amides is 2. The van der Waals surface area contributed by atoms with E-state index < -0.39 is 0 Å². The van der Waals surface area contributed by atoms with Crippen LogP contribution in [0.2, 0.25) is 0 Å². The first-order valence-electron chi connectivity index (χ1n) is 11.7. The number of methoxy groups -OCH3 is 2. The van der Waals surface area contributed by atoms with Crippen molar-refractivity contribution in [3.05, 3.63) is 53.2 Å². The van der Waals surface area contributed by atoms with Gasteiger partial charge in [0.2, 0.25) is 0 Å². The van der Waals surface area contributed by atoms with Crippen molar-refractivity contribution in [3.8, 4) is 11.5 Å². The van der Waals surface area contributed by atoms with Crippen LogP contribution in [-0.4, -0.2) is 55.6 Å². The Hall–Kier alpha value is -3.13. The molecule has 0 saturated carbocycles. The molecule has 0 aliphatic carbocycles. The zero-order valence-corrected chi connectivity index (χ0v) is 20.5. The van der Waals surface area contributed by atoms with Gasteiger partial charge >= 0.3 is 0 Å². The molecule has 1 N–H and O–H groups in total. The van der Waals surface area contributed by atoms with Crippen molar-refractivity contribution in [2.75, 3.05) is 33.9 Å². The van der Waals surface area contributed by atoms with Crippen LogP contribution in [0.1, 0.15) is 52.1 Å². The number of hydrogen-bond donors (Lipinski definition) is 1. The molecule has 7 nitrogen and oxygen atoms in total. The monoisotopic (exact) mass is 481 g/mol. The highest BCUT2D eigenvalue weighted by Crippen LogP contribution is 2.29. The fourth-order valence-corrected chi connectivity index (χ4v) is 5.36. The minimum Gasteiger partial charge on any atom is -0.497 e. The summed E-state index contributed by atoms with van der Waals surface area (Å²) in [5.74, 6) is 1.83. The standard InChI is InChI=1S/C26H31N3O4S/c1-32-20-6-7-21(22(16-20)33-2)26(31)29-13-9-18(10-14-29)5-3-4-11-28-25(30)23-15-19-8-12-27-17-24(19)34-23/h6-8,12,15-18H,3-5,9-11,13-14H2,1-2H3,(H,28,30). The maximum absolute atomic E-state index is 13.0. The molecule has 180 valence electrons. The smallest absolute Gasteiger partial charge is 0.261 e. The first-order chi connectivity index (χ1) is 16.6. The van der Waals surface area contributed by atoms with Gasteiger partial charge in [0.1, 0.15) is 11.5 Å². The van der Waals surface area contributed by atoms with Crippen molar-refractivity contribution >= 4 is 33.2 Å². The molecule has 3 aromatic rings. The average molecular weight is 482 g/mol. The maximum atomic E-state index is 13.0. The fraction of sp³-hybridized carbons (Fsp3) is 0.423. The second-order valence-electron chi connectivity index (χ2n) is 8.58. The summed E-state index contributed by atoms with van der Waals surface area (Å²) in [5, 5.41) is 4.09. The van der Waals surface area contributed by atoms with E-state index in [1.54, 1.807) is 44.8 Å². The van der Waals surface area contributed by atoms with Crippen LogP contribution < -0.4 is 14.8 Å². The summed E-state index contributed by atoms with van der Waals surface area (Å²) in [6.07, 6.45) is 8.70. The second kappa shape index (κ2) is 11.3. The molecular weight excluding hydrogens is 450 g/mol.